The van der Waals surface area contributed by atoms with E-state index in [0.717, 1.165) is 11.3 Å². The maximum Gasteiger partial charge on any atom is 0.219 e. The molecular formula is C16H25N3O3S. The zero-order valence-electron chi connectivity index (χ0n) is 13.9. The van der Waals surface area contributed by atoms with Gasteiger partial charge < -0.3 is 9.80 Å². The molecule has 1 aliphatic rings. The maximum absolute atomic E-state index is 12.4. The van der Waals surface area contributed by atoms with Gasteiger partial charge in [0.1, 0.15) is 0 Å². The fourth-order valence-electron chi connectivity index (χ4n) is 2.69. The molecule has 0 saturated carbocycles. The lowest BCUT2D eigenvalue weighted by Crippen LogP contribution is -2.44. The van der Waals surface area contributed by atoms with E-state index < -0.39 is 15.3 Å². The van der Waals surface area contributed by atoms with Crippen LogP contribution in [0.2, 0.25) is 0 Å². The minimum atomic E-state index is -3.36. The topological polar surface area (TPSA) is 69.7 Å². The molecule has 23 heavy (non-hydrogen) atoms. The van der Waals surface area contributed by atoms with Crippen LogP contribution in [-0.2, 0) is 21.4 Å². The molecule has 1 N–H and O–H groups in total. The Morgan fingerprint density at radius 1 is 1.22 bits per heavy atom. The van der Waals surface area contributed by atoms with Crippen LogP contribution in [0.3, 0.4) is 0 Å². The second-order valence-corrected chi connectivity index (χ2v) is 8.18. The number of hydrogen-bond donors (Lipinski definition) is 1. The summed E-state index contributed by atoms with van der Waals surface area (Å²) in [5.74, 6) is 0.00906. The summed E-state index contributed by atoms with van der Waals surface area (Å²) >= 11 is 0. The van der Waals surface area contributed by atoms with Gasteiger partial charge in [-0.2, -0.15) is 0 Å². The lowest BCUT2D eigenvalue weighted by molar-refractivity contribution is -0.129. The number of benzene rings is 1. The van der Waals surface area contributed by atoms with Crippen molar-refractivity contribution in [3.8, 4) is 0 Å². The highest BCUT2D eigenvalue weighted by Gasteiger charge is 2.30. The molecule has 0 spiro atoms. The van der Waals surface area contributed by atoms with Crippen molar-refractivity contribution < 1.29 is 13.2 Å². The van der Waals surface area contributed by atoms with Gasteiger partial charge >= 0.3 is 0 Å². The van der Waals surface area contributed by atoms with Crippen LogP contribution in [0.25, 0.3) is 0 Å². The van der Waals surface area contributed by atoms with Gasteiger partial charge in [-0.25, -0.2) is 13.1 Å². The first kappa shape index (κ1) is 17.7. The molecule has 1 aromatic rings. The first-order valence-corrected chi connectivity index (χ1v) is 9.34. The van der Waals surface area contributed by atoms with Gasteiger partial charge in [0, 0.05) is 46.3 Å². The SMILES string of the molecule is CC(=O)N1CCC(S(=O)(=O)NCc2ccc(N(C)C)cc2)CC1. The zero-order chi connectivity index (χ0) is 17.0. The van der Waals surface area contributed by atoms with Crippen molar-refractivity contribution >= 4 is 21.6 Å². The average molecular weight is 339 g/mol. The number of amides is 1. The molecule has 6 nitrogen and oxygen atoms in total. The third-order valence-corrected chi connectivity index (χ3v) is 6.15. The monoisotopic (exact) mass is 339 g/mol. The highest BCUT2D eigenvalue weighted by molar-refractivity contribution is 7.90. The van der Waals surface area contributed by atoms with Crippen molar-refractivity contribution in [1.82, 2.24) is 9.62 Å². The molecule has 0 aliphatic carbocycles. The average Bonchev–Trinajstić information content (AvgIpc) is 2.53. The van der Waals surface area contributed by atoms with Gasteiger partial charge in [0.25, 0.3) is 0 Å². The van der Waals surface area contributed by atoms with E-state index in [2.05, 4.69) is 4.72 Å². The summed E-state index contributed by atoms with van der Waals surface area (Å²) in [5.41, 5.74) is 2.01. The van der Waals surface area contributed by atoms with E-state index in [1.165, 1.54) is 6.92 Å². The number of nitrogens with one attached hydrogen (secondary N) is 1. The summed E-state index contributed by atoms with van der Waals surface area (Å²) in [4.78, 5) is 15.0. The lowest BCUT2D eigenvalue weighted by atomic mass is 10.1. The second-order valence-electron chi connectivity index (χ2n) is 6.13. The molecule has 1 heterocycles. The van der Waals surface area contributed by atoms with Crippen LogP contribution in [0.4, 0.5) is 5.69 Å². The summed E-state index contributed by atoms with van der Waals surface area (Å²) in [7, 11) is 0.571. The molecule has 1 amide bonds. The predicted molar refractivity (Wildman–Crippen MR) is 91.8 cm³/mol. The number of piperidine rings is 1. The summed E-state index contributed by atoms with van der Waals surface area (Å²) < 4.78 is 27.5. The predicted octanol–water partition coefficient (Wildman–Crippen LogP) is 1.18. The third-order valence-electron chi connectivity index (χ3n) is 4.26. The Kier molecular flexibility index (Phi) is 5.64. The van der Waals surface area contributed by atoms with Gasteiger partial charge in [0.05, 0.1) is 5.25 Å². The molecule has 0 bridgehead atoms. The lowest BCUT2D eigenvalue weighted by Gasteiger charge is -2.31. The second kappa shape index (κ2) is 7.31. The van der Waals surface area contributed by atoms with E-state index in [1.54, 1.807) is 4.90 Å². The molecule has 1 aromatic carbocycles. The molecule has 0 radical (unpaired) electrons. The number of likely N-dealkylation sites (tertiary alicyclic amines) is 1. The fraction of sp³-hybridized carbons (Fsp3) is 0.562. The number of nitrogens with zero attached hydrogens (tertiary/aromatic N) is 2. The van der Waals surface area contributed by atoms with Crippen LogP contribution in [0.1, 0.15) is 25.3 Å². The first-order chi connectivity index (χ1) is 10.8. The van der Waals surface area contributed by atoms with E-state index in [9.17, 15) is 13.2 Å². The van der Waals surface area contributed by atoms with Gasteiger partial charge in [-0.3, -0.25) is 4.79 Å². The number of anilines is 1. The van der Waals surface area contributed by atoms with Crippen molar-refractivity contribution in [2.45, 2.75) is 31.6 Å². The van der Waals surface area contributed by atoms with Crippen LogP contribution < -0.4 is 9.62 Å². The minimum Gasteiger partial charge on any atom is -0.378 e. The van der Waals surface area contributed by atoms with Crippen molar-refractivity contribution in [3.63, 3.8) is 0 Å². The number of hydrogen-bond acceptors (Lipinski definition) is 4. The highest BCUT2D eigenvalue weighted by atomic mass is 32.2. The molecule has 7 heteroatoms. The molecule has 0 atom stereocenters. The number of carbonyl (C=O) groups excluding carboxylic acids is 1. The smallest absolute Gasteiger partial charge is 0.219 e. The van der Waals surface area contributed by atoms with Crippen molar-refractivity contribution in [3.05, 3.63) is 29.8 Å². The fourth-order valence-corrected chi connectivity index (χ4v) is 4.13. The Bertz CT molecular complexity index is 633. The molecule has 2 rings (SSSR count). The van der Waals surface area contributed by atoms with Gasteiger partial charge in [0.15, 0.2) is 0 Å². The van der Waals surface area contributed by atoms with Gasteiger partial charge in [-0.15, -0.1) is 0 Å². The molecule has 1 aliphatic heterocycles. The molecular weight excluding hydrogens is 314 g/mol. The summed E-state index contributed by atoms with van der Waals surface area (Å²) in [6.07, 6.45) is 0.989. The van der Waals surface area contributed by atoms with Crippen LogP contribution >= 0.6 is 0 Å². The van der Waals surface area contributed by atoms with E-state index in [-0.39, 0.29) is 5.91 Å². The Morgan fingerprint density at radius 2 is 1.78 bits per heavy atom. The molecule has 0 aromatic heterocycles. The van der Waals surface area contributed by atoms with E-state index >= 15 is 0 Å². The third kappa shape index (κ3) is 4.68. The van der Waals surface area contributed by atoms with Gasteiger partial charge in [0.2, 0.25) is 15.9 Å². The minimum absolute atomic E-state index is 0.00906. The zero-order valence-corrected chi connectivity index (χ0v) is 14.8. The molecule has 1 fully saturated rings. The quantitative estimate of drug-likeness (QED) is 0.875. The molecule has 0 unspecified atom stereocenters. The number of carbonyl (C=O) groups is 1. The molecule has 128 valence electrons. The Morgan fingerprint density at radius 3 is 2.26 bits per heavy atom. The summed E-state index contributed by atoms with van der Waals surface area (Å²) in [6.45, 7) is 2.84. The van der Waals surface area contributed by atoms with Crippen LogP contribution in [0.15, 0.2) is 24.3 Å². The van der Waals surface area contributed by atoms with E-state index in [1.807, 2.05) is 43.3 Å². The van der Waals surface area contributed by atoms with Crippen LogP contribution in [0.5, 0.6) is 0 Å². The molecule has 1 saturated heterocycles. The van der Waals surface area contributed by atoms with E-state index in [0.29, 0.717) is 32.5 Å². The Hall–Kier alpha value is -1.60. The Balaban J connectivity index is 1.90. The van der Waals surface area contributed by atoms with Crippen LogP contribution in [0, 0.1) is 0 Å². The Labute approximate surface area is 138 Å². The van der Waals surface area contributed by atoms with Crippen molar-refractivity contribution in [1.29, 1.82) is 0 Å². The summed E-state index contributed by atoms with van der Waals surface area (Å²) in [6, 6.07) is 7.79. The largest absolute Gasteiger partial charge is 0.378 e. The van der Waals surface area contributed by atoms with E-state index in [4.69, 9.17) is 0 Å². The number of rotatable bonds is 5. The maximum atomic E-state index is 12.4. The van der Waals surface area contributed by atoms with Crippen molar-refractivity contribution in [2.75, 3.05) is 32.1 Å². The van der Waals surface area contributed by atoms with Gasteiger partial charge in [-0.05, 0) is 30.5 Å². The van der Waals surface area contributed by atoms with Crippen molar-refractivity contribution in [2.24, 2.45) is 0 Å². The standard InChI is InChI=1S/C16H25N3O3S/c1-13(20)19-10-8-16(9-11-19)23(21,22)17-12-14-4-6-15(7-5-14)18(2)3/h4-7,16-17H,8-12H2,1-3H3. The number of sulfonamides is 1. The summed E-state index contributed by atoms with van der Waals surface area (Å²) in [5, 5.41) is -0.417. The first-order valence-electron chi connectivity index (χ1n) is 7.80. The normalized spacial score (nSPS) is 16.4. The van der Waals surface area contributed by atoms with Gasteiger partial charge in [-0.1, -0.05) is 12.1 Å². The highest BCUT2D eigenvalue weighted by Crippen LogP contribution is 2.18. The van der Waals surface area contributed by atoms with Crippen LogP contribution in [-0.4, -0.2) is 51.7 Å².